The van der Waals surface area contributed by atoms with Crippen LogP contribution in [0, 0.1) is 0 Å². The first-order chi connectivity index (χ1) is 13.0. The van der Waals surface area contributed by atoms with Gasteiger partial charge in [0.2, 0.25) is 0 Å². The van der Waals surface area contributed by atoms with Gasteiger partial charge in [0.1, 0.15) is 0 Å². The molecule has 0 radical (unpaired) electrons. The zero-order valence-corrected chi connectivity index (χ0v) is 16.5. The number of hydrogen-bond donors (Lipinski definition) is 2. The smallest absolute Gasteiger partial charge is 0.261 e. The second-order valence-corrected chi connectivity index (χ2v) is 8.25. The zero-order chi connectivity index (χ0) is 19.3. The number of halogens is 1. The van der Waals surface area contributed by atoms with Crippen molar-refractivity contribution in [2.45, 2.75) is 11.4 Å². The average Bonchev–Trinajstić information content (AvgIpc) is 2.67. The highest BCUT2D eigenvalue weighted by atomic mass is 79.9. The van der Waals surface area contributed by atoms with E-state index in [0.29, 0.717) is 6.54 Å². The van der Waals surface area contributed by atoms with Gasteiger partial charge >= 0.3 is 0 Å². The first-order valence-corrected chi connectivity index (χ1v) is 10.3. The second kappa shape index (κ2) is 8.32. The molecule has 0 aliphatic carbocycles. The van der Waals surface area contributed by atoms with Crippen LogP contribution in [-0.4, -0.2) is 19.3 Å². The Bertz CT molecular complexity index is 1040. The third kappa shape index (κ3) is 4.93. The molecule has 0 spiro atoms. The predicted octanol–water partition coefficient (Wildman–Crippen LogP) is 3.57. The molecule has 1 heterocycles. The number of hydrogen-bond acceptors (Lipinski definition) is 4. The van der Waals surface area contributed by atoms with Crippen LogP contribution in [0.15, 0.2) is 82.4 Å². The Labute approximate surface area is 165 Å². The Balaban J connectivity index is 1.79. The lowest BCUT2D eigenvalue weighted by Gasteiger charge is -2.13. The minimum atomic E-state index is -3.81. The summed E-state index contributed by atoms with van der Waals surface area (Å²) in [6, 6.07) is 16.3. The van der Waals surface area contributed by atoms with Crippen LogP contribution in [0.2, 0.25) is 0 Å². The first kappa shape index (κ1) is 19.1. The monoisotopic (exact) mass is 445 g/mol. The Kier molecular flexibility index (Phi) is 5.88. The number of amides is 1. The molecule has 0 aliphatic heterocycles. The summed E-state index contributed by atoms with van der Waals surface area (Å²) >= 11 is 3.27. The van der Waals surface area contributed by atoms with Crippen LogP contribution in [0.25, 0.3) is 0 Å². The van der Waals surface area contributed by atoms with E-state index in [0.717, 1.165) is 10.0 Å². The average molecular weight is 446 g/mol. The molecule has 0 saturated carbocycles. The van der Waals surface area contributed by atoms with Crippen LogP contribution in [0.3, 0.4) is 0 Å². The normalized spacial score (nSPS) is 11.0. The molecule has 1 aromatic heterocycles. The van der Waals surface area contributed by atoms with Gasteiger partial charge in [0.05, 0.1) is 16.1 Å². The molecular weight excluding hydrogens is 430 g/mol. The summed E-state index contributed by atoms with van der Waals surface area (Å²) in [6.07, 6.45) is 3.31. The third-order valence-electron chi connectivity index (χ3n) is 3.72. The van der Waals surface area contributed by atoms with Gasteiger partial charge in [-0.25, -0.2) is 8.42 Å². The Morgan fingerprint density at radius 3 is 2.44 bits per heavy atom. The summed E-state index contributed by atoms with van der Waals surface area (Å²) in [5, 5.41) is 2.77. The number of nitrogens with zero attached hydrogens (tertiary/aromatic N) is 1. The van der Waals surface area contributed by atoms with Gasteiger partial charge in [0, 0.05) is 23.4 Å². The third-order valence-corrected chi connectivity index (χ3v) is 5.63. The van der Waals surface area contributed by atoms with Crippen LogP contribution in [0.1, 0.15) is 15.9 Å². The highest BCUT2D eigenvalue weighted by molar-refractivity contribution is 9.10. The fourth-order valence-electron chi connectivity index (χ4n) is 2.37. The van der Waals surface area contributed by atoms with Crippen LogP contribution in [0.5, 0.6) is 0 Å². The van der Waals surface area contributed by atoms with Gasteiger partial charge in [-0.15, -0.1) is 0 Å². The van der Waals surface area contributed by atoms with E-state index in [4.69, 9.17) is 0 Å². The topological polar surface area (TPSA) is 88.2 Å². The lowest BCUT2D eigenvalue weighted by molar-refractivity contribution is 0.0952. The number of sulfonamides is 1. The first-order valence-electron chi connectivity index (χ1n) is 8.00. The molecule has 1 amide bonds. The molecule has 27 heavy (non-hydrogen) atoms. The Hall–Kier alpha value is -2.71. The Morgan fingerprint density at radius 2 is 1.74 bits per heavy atom. The van der Waals surface area contributed by atoms with Gasteiger partial charge in [-0.05, 0) is 48.0 Å². The van der Waals surface area contributed by atoms with E-state index >= 15 is 0 Å². The number of pyridine rings is 1. The number of carbonyl (C=O) groups excluding carboxylic acids is 1. The van der Waals surface area contributed by atoms with Crippen molar-refractivity contribution in [3.63, 3.8) is 0 Å². The van der Waals surface area contributed by atoms with Gasteiger partial charge in [0.15, 0.2) is 0 Å². The van der Waals surface area contributed by atoms with Gasteiger partial charge < -0.3 is 5.32 Å². The maximum Gasteiger partial charge on any atom is 0.261 e. The van der Waals surface area contributed by atoms with E-state index in [2.05, 4.69) is 31.0 Å². The van der Waals surface area contributed by atoms with Crippen molar-refractivity contribution >= 4 is 37.5 Å². The van der Waals surface area contributed by atoms with E-state index in [1.54, 1.807) is 54.9 Å². The van der Waals surface area contributed by atoms with Crippen LogP contribution >= 0.6 is 15.9 Å². The van der Waals surface area contributed by atoms with Crippen LogP contribution in [0.4, 0.5) is 5.69 Å². The van der Waals surface area contributed by atoms with Crippen molar-refractivity contribution in [3.05, 3.63) is 88.7 Å². The number of nitrogens with one attached hydrogen (secondary N) is 2. The van der Waals surface area contributed by atoms with Crippen LogP contribution < -0.4 is 10.0 Å². The number of rotatable bonds is 6. The van der Waals surface area contributed by atoms with E-state index in [-0.39, 0.29) is 22.1 Å². The lowest BCUT2D eigenvalue weighted by Crippen LogP contribution is -2.25. The van der Waals surface area contributed by atoms with Crippen molar-refractivity contribution in [2.75, 3.05) is 4.72 Å². The van der Waals surface area contributed by atoms with Crippen molar-refractivity contribution in [1.82, 2.24) is 10.3 Å². The molecule has 2 aromatic carbocycles. The predicted molar refractivity (Wildman–Crippen MR) is 107 cm³/mol. The number of benzene rings is 2. The highest BCUT2D eigenvalue weighted by Crippen LogP contribution is 2.21. The SMILES string of the molecule is O=C(NCc1cccnc1)c1ccccc1NS(=O)(=O)c1ccc(Br)cc1. The van der Waals surface area contributed by atoms with Crippen molar-refractivity contribution in [2.24, 2.45) is 0 Å². The molecular formula is C19H16BrN3O3S. The molecule has 0 bridgehead atoms. The molecule has 138 valence electrons. The molecule has 0 aliphatic rings. The van der Waals surface area contributed by atoms with Crippen molar-refractivity contribution in [3.8, 4) is 0 Å². The Morgan fingerprint density at radius 1 is 1.00 bits per heavy atom. The number of carbonyl (C=O) groups is 1. The van der Waals surface area contributed by atoms with E-state index in [1.165, 1.54) is 12.1 Å². The molecule has 3 aromatic rings. The van der Waals surface area contributed by atoms with E-state index in [1.807, 2.05) is 6.07 Å². The van der Waals surface area contributed by atoms with Crippen molar-refractivity contribution < 1.29 is 13.2 Å². The summed E-state index contributed by atoms with van der Waals surface area (Å²) in [4.78, 5) is 16.6. The van der Waals surface area contributed by atoms with Gasteiger partial charge in [-0.1, -0.05) is 34.1 Å². The molecule has 0 atom stereocenters. The van der Waals surface area contributed by atoms with E-state index in [9.17, 15) is 13.2 Å². The second-order valence-electron chi connectivity index (χ2n) is 5.65. The maximum atomic E-state index is 12.6. The minimum Gasteiger partial charge on any atom is -0.348 e. The summed E-state index contributed by atoms with van der Waals surface area (Å²) in [5.74, 6) is -0.382. The lowest BCUT2D eigenvalue weighted by atomic mass is 10.1. The molecule has 2 N–H and O–H groups in total. The minimum absolute atomic E-state index is 0.108. The van der Waals surface area contributed by atoms with Gasteiger partial charge in [-0.2, -0.15) is 0 Å². The molecule has 0 fully saturated rings. The number of anilines is 1. The van der Waals surface area contributed by atoms with Gasteiger partial charge in [0.25, 0.3) is 15.9 Å². The quantitative estimate of drug-likeness (QED) is 0.606. The summed E-state index contributed by atoms with van der Waals surface area (Å²) in [5.41, 5.74) is 1.30. The summed E-state index contributed by atoms with van der Waals surface area (Å²) < 4.78 is 28.5. The molecule has 8 heteroatoms. The summed E-state index contributed by atoms with van der Waals surface area (Å²) in [6.45, 7) is 0.292. The zero-order valence-electron chi connectivity index (χ0n) is 14.1. The molecule has 3 rings (SSSR count). The molecule has 0 saturated heterocycles. The van der Waals surface area contributed by atoms with Crippen LogP contribution in [-0.2, 0) is 16.6 Å². The summed E-state index contributed by atoms with van der Waals surface area (Å²) in [7, 11) is -3.81. The largest absolute Gasteiger partial charge is 0.348 e. The fourth-order valence-corrected chi connectivity index (χ4v) is 3.71. The molecule has 0 unspecified atom stereocenters. The van der Waals surface area contributed by atoms with E-state index < -0.39 is 10.0 Å². The highest BCUT2D eigenvalue weighted by Gasteiger charge is 2.18. The standard InChI is InChI=1S/C19H16BrN3O3S/c20-15-7-9-16(10-8-15)27(25,26)23-18-6-2-1-5-17(18)19(24)22-13-14-4-3-11-21-12-14/h1-12,23H,13H2,(H,22,24). The fraction of sp³-hybridized carbons (Fsp3) is 0.0526. The maximum absolute atomic E-state index is 12.6. The van der Waals surface area contributed by atoms with Gasteiger partial charge in [-0.3, -0.25) is 14.5 Å². The number of para-hydroxylation sites is 1. The molecule has 6 nitrogen and oxygen atoms in total. The number of aromatic nitrogens is 1. The van der Waals surface area contributed by atoms with Crippen molar-refractivity contribution in [1.29, 1.82) is 0 Å².